The van der Waals surface area contributed by atoms with Crippen molar-refractivity contribution in [2.75, 3.05) is 38.7 Å². The summed E-state index contributed by atoms with van der Waals surface area (Å²) in [5.74, 6) is 0.933. The maximum atomic E-state index is 13.1. The minimum Gasteiger partial charge on any atom is -0.483 e. The lowest BCUT2D eigenvalue weighted by Gasteiger charge is -2.42. The first-order valence-electron chi connectivity index (χ1n) is 10.1. The molecule has 0 radical (unpaired) electrons. The maximum Gasteiger partial charge on any atom is 0.290 e. The van der Waals surface area contributed by atoms with Crippen molar-refractivity contribution in [1.82, 2.24) is 10.2 Å². The highest BCUT2D eigenvalue weighted by molar-refractivity contribution is 5.90. The zero-order valence-corrected chi connectivity index (χ0v) is 18.1. The van der Waals surface area contributed by atoms with Gasteiger partial charge in [-0.25, -0.2) is 0 Å². The predicted octanol–water partition coefficient (Wildman–Crippen LogP) is 1.89. The minimum absolute atomic E-state index is 0.0162. The second-order valence-corrected chi connectivity index (χ2v) is 6.93. The van der Waals surface area contributed by atoms with Crippen LogP contribution in [0.4, 0.5) is 5.69 Å². The number of hydrogen-bond donors (Lipinski definition) is 4. The van der Waals surface area contributed by atoms with E-state index in [1.165, 1.54) is 0 Å². The summed E-state index contributed by atoms with van der Waals surface area (Å²) in [4.78, 5) is 32.1. The second kappa shape index (κ2) is 15.4. The van der Waals surface area contributed by atoms with Crippen LogP contribution in [-0.2, 0) is 25.7 Å². The first-order valence-corrected chi connectivity index (χ1v) is 10.1. The molecule has 1 aliphatic rings. The molecule has 2 aromatic rings. The molecule has 10 nitrogen and oxygen atoms in total. The molecule has 0 saturated carbocycles. The summed E-state index contributed by atoms with van der Waals surface area (Å²) in [6.07, 6.45) is 3.42. The van der Waals surface area contributed by atoms with Gasteiger partial charge in [0.15, 0.2) is 0 Å². The van der Waals surface area contributed by atoms with Crippen LogP contribution in [0.15, 0.2) is 53.1 Å². The average Bonchev–Trinajstić information content (AvgIpc) is 3.29. The maximum absolute atomic E-state index is 13.1. The number of benzene rings is 1. The highest BCUT2D eigenvalue weighted by atomic mass is 16.5. The van der Waals surface area contributed by atoms with Crippen LogP contribution in [0.1, 0.15) is 18.6 Å². The topological polar surface area (TPSA) is 141 Å². The Morgan fingerprint density at radius 2 is 1.88 bits per heavy atom. The number of para-hydroxylation sites is 1. The van der Waals surface area contributed by atoms with E-state index in [-0.39, 0.29) is 18.9 Å². The zero-order chi connectivity index (χ0) is 23.7. The van der Waals surface area contributed by atoms with E-state index in [1.807, 2.05) is 42.5 Å². The van der Waals surface area contributed by atoms with Crippen LogP contribution >= 0.6 is 0 Å². The number of hydrogen-bond acceptors (Lipinski definition) is 7. The molecular formula is C22H31N3O7. The van der Waals surface area contributed by atoms with E-state index in [9.17, 15) is 4.79 Å². The van der Waals surface area contributed by atoms with Crippen molar-refractivity contribution in [1.29, 1.82) is 0 Å². The number of likely N-dealkylation sites (tertiary alicyclic amines) is 1. The molecule has 2 heterocycles. The molecule has 1 fully saturated rings. The SMILES string of the molecule is COCCNC(=O)C1(Nc2ccccc2)CCCN(Cc2ccco2)C1.O=CO.O=CO. The van der Waals surface area contributed by atoms with Crippen molar-refractivity contribution in [2.45, 2.75) is 24.9 Å². The third-order valence-electron chi connectivity index (χ3n) is 4.71. The molecule has 1 aromatic carbocycles. The minimum atomic E-state index is -0.667. The summed E-state index contributed by atoms with van der Waals surface area (Å²) in [6.45, 7) is 2.79. The summed E-state index contributed by atoms with van der Waals surface area (Å²) >= 11 is 0. The van der Waals surface area contributed by atoms with Gasteiger partial charge in [-0.1, -0.05) is 18.2 Å². The van der Waals surface area contributed by atoms with E-state index in [0.717, 1.165) is 30.8 Å². The molecule has 0 bridgehead atoms. The third kappa shape index (κ3) is 9.19. The number of rotatable bonds is 8. The Morgan fingerprint density at radius 1 is 1.19 bits per heavy atom. The Labute approximate surface area is 187 Å². The summed E-state index contributed by atoms with van der Waals surface area (Å²) in [7, 11) is 1.63. The van der Waals surface area contributed by atoms with Gasteiger partial charge >= 0.3 is 0 Å². The van der Waals surface area contributed by atoms with Crippen LogP contribution in [0.5, 0.6) is 0 Å². The number of carboxylic acid groups (broad SMARTS) is 2. The van der Waals surface area contributed by atoms with Crippen molar-refractivity contribution in [3.05, 3.63) is 54.5 Å². The Bertz CT molecular complexity index is 765. The molecule has 1 aromatic heterocycles. The fourth-order valence-electron chi connectivity index (χ4n) is 3.48. The zero-order valence-electron chi connectivity index (χ0n) is 18.1. The van der Waals surface area contributed by atoms with Crippen molar-refractivity contribution in [3.8, 4) is 0 Å². The van der Waals surface area contributed by atoms with Crippen molar-refractivity contribution in [3.63, 3.8) is 0 Å². The molecule has 0 aliphatic carbocycles. The van der Waals surface area contributed by atoms with Gasteiger partial charge in [0.2, 0.25) is 5.91 Å². The highest BCUT2D eigenvalue weighted by Crippen LogP contribution is 2.27. The van der Waals surface area contributed by atoms with E-state index in [0.29, 0.717) is 26.2 Å². The molecule has 1 saturated heterocycles. The molecule has 4 N–H and O–H groups in total. The highest BCUT2D eigenvalue weighted by Gasteiger charge is 2.42. The number of nitrogens with zero attached hydrogens (tertiary/aromatic N) is 1. The Hall–Kier alpha value is -3.37. The Kier molecular flexibility index (Phi) is 12.9. The summed E-state index contributed by atoms with van der Waals surface area (Å²) in [5, 5.41) is 20.3. The first-order chi connectivity index (χ1) is 15.5. The summed E-state index contributed by atoms with van der Waals surface area (Å²) < 4.78 is 10.5. The summed E-state index contributed by atoms with van der Waals surface area (Å²) in [5.41, 5.74) is 0.286. The molecule has 32 heavy (non-hydrogen) atoms. The van der Waals surface area contributed by atoms with Gasteiger partial charge < -0.3 is 30.0 Å². The first kappa shape index (κ1) is 26.7. The Morgan fingerprint density at radius 3 is 2.47 bits per heavy atom. The van der Waals surface area contributed by atoms with Gasteiger partial charge in [-0.3, -0.25) is 19.3 Å². The van der Waals surface area contributed by atoms with E-state index >= 15 is 0 Å². The number of furan rings is 1. The van der Waals surface area contributed by atoms with Crippen LogP contribution in [0, 0.1) is 0 Å². The fraction of sp³-hybridized carbons (Fsp3) is 0.409. The average molecular weight is 450 g/mol. The van der Waals surface area contributed by atoms with E-state index in [4.69, 9.17) is 29.0 Å². The monoisotopic (exact) mass is 449 g/mol. The number of piperidine rings is 1. The third-order valence-corrected chi connectivity index (χ3v) is 4.71. The van der Waals surface area contributed by atoms with Gasteiger partial charge in [-0.2, -0.15) is 0 Å². The molecule has 1 amide bonds. The largest absolute Gasteiger partial charge is 0.483 e. The van der Waals surface area contributed by atoms with Crippen molar-refractivity contribution < 1.29 is 33.8 Å². The second-order valence-electron chi connectivity index (χ2n) is 6.93. The molecule has 1 atom stereocenters. The van der Waals surface area contributed by atoms with Crippen LogP contribution in [-0.4, -0.2) is 72.9 Å². The molecule has 1 aliphatic heterocycles. The van der Waals surface area contributed by atoms with Gasteiger partial charge in [0, 0.05) is 25.9 Å². The standard InChI is InChI=1S/C20H27N3O3.2CH2O2/c1-25-14-11-21-19(24)20(22-17-7-3-2-4-8-17)10-6-12-23(16-20)15-18-9-5-13-26-18;2*2-1-3/h2-5,7-9,13,22H,6,10-12,14-16H2,1H3,(H,21,24);2*1H,(H,2,3). The quantitative estimate of drug-likeness (QED) is 0.351. The van der Waals surface area contributed by atoms with Crippen LogP contribution in [0.3, 0.4) is 0 Å². The van der Waals surface area contributed by atoms with Gasteiger partial charge in [-0.05, 0) is 43.7 Å². The van der Waals surface area contributed by atoms with Crippen LogP contribution in [0.25, 0.3) is 0 Å². The number of anilines is 1. The van der Waals surface area contributed by atoms with E-state index < -0.39 is 5.54 Å². The van der Waals surface area contributed by atoms with Crippen LogP contribution < -0.4 is 10.6 Å². The van der Waals surface area contributed by atoms with Gasteiger partial charge in [-0.15, -0.1) is 0 Å². The Balaban J connectivity index is 0.000000769. The normalized spacial score (nSPS) is 17.5. The number of carbonyl (C=O) groups is 3. The molecule has 3 rings (SSSR count). The fourth-order valence-corrected chi connectivity index (χ4v) is 3.48. The van der Waals surface area contributed by atoms with E-state index in [1.54, 1.807) is 13.4 Å². The summed E-state index contributed by atoms with van der Waals surface area (Å²) in [6, 6.07) is 13.8. The number of methoxy groups -OCH3 is 1. The number of carbonyl (C=O) groups excluding carboxylic acids is 1. The molecule has 176 valence electrons. The molecule has 1 unspecified atom stereocenters. The van der Waals surface area contributed by atoms with Crippen molar-refractivity contribution >= 4 is 24.5 Å². The van der Waals surface area contributed by atoms with Crippen LogP contribution in [0.2, 0.25) is 0 Å². The van der Waals surface area contributed by atoms with Gasteiger partial charge in [0.25, 0.3) is 12.9 Å². The van der Waals surface area contributed by atoms with Gasteiger partial charge in [0.05, 0.1) is 19.4 Å². The number of amides is 1. The van der Waals surface area contributed by atoms with Crippen molar-refractivity contribution in [2.24, 2.45) is 0 Å². The van der Waals surface area contributed by atoms with E-state index in [2.05, 4.69) is 15.5 Å². The van der Waals surface area contributed by atoms with Gasteiger partial charge in [0.1, 0.15) is 11.3 Å². The smallest absolute Gasteiger partial charge is 0.290 e. The molecule has 10 heteroatoms. The lowest BCUT2D eigenvalue weighted by molar-refractivity contribution is -0.127. The number of nitrogens with one attached hydrogen (secondary N) is 2. The lowest BCUT2D eigenvalue weighted by atomic mass is 9.87. The molecule has 0 spiro atoms. The lowest BCUT2D eigenvalue weighted by Crippen LogP contribution is -2.61. The number of ether oxygens (including phenoxy) is 1. The predicted molar refractivity (Wildman–Crippen MR) is 118 cm³/mol. The molecular weight excluding hydrogens is 418 g/mol.